The molecule has 0 bridgehead atoms. The number of amides is 1. The molecule has 0 saturated carbocycles. The Balaban J connectivity index is 1.62. The lowest BCUT2D eigenvalue weighted by Crippen LogP contribution is -2.19. The van der Waals surface area contributed by atoms with Gasteiger partial charge in [-0.15, -0.1) is 0 Å². The first-order valence-corrected chi connectivity index (χ1v) is 9.03. The number of amidine groups is 1. The van der Waals surface area contributed by atoms with E-state index in [0.717, 1.165) is 22.3 Å². The zero-order valence-corrected chi connectivity index (χ0v) is 15.5. The highest BCUT2D eigenvalue weighted by Crippen LogP contribution is 2.30. The van der Waals surface area contributed by atoms with Crippen molar-refractivity contribution >= 4 is 45.7 Å². The van der Waals surface area contributed by atoms with Gasteiger partial charge in [-0.05, 0) is 61.0 Å². The van der Waals surface area contributed by atoms with E-state index in [1.807, 2.05) is 57.2 Å². The number of hydrogen-bond acceptors (Lipinski definition) is 5. The molecule has 0 unspecified atom stereocenters. The number of nitrogens with one attached hydrogen (secondary N) is 1. The van der Waals surface area contributed by atoms with Crippen LogP contribution in [0.15, 0.2) is 50.7 Å². The Kier molecular flexibility index (Phi) is 4.12. The van der Waals surface area contributed by atoms with Crippen molar-refractivity contribution in [3.8, 4) is 0 Å². The predicted molar refractivity (Wildman–Crippen MR) is 105 cm³/mol. The number of carbonyl (C=O) groups excluding carboxylic acids is 1. The van der Waals surface area contributed by atoms with Crippen LogP contribution < -0.4 is 5.32 Å². The van der Waals surface area contributed by atoms with E-state index in [-0.39, 0.29) is 5.91 Å². The molecular weight excluding hydrogens is 346 g/mol. The highest BCUT2D eigenvalue weighted by molar-refractivity contribution is 8.18. The Morgan fingerprint density at radius 3 is 2.81 bits per heavy atom. The van der Waals surface area contributed by atoms with Crippen LogP contribution in [0.2, 0.25) is 0 Å². The monoisotopic (exact) mass is 363 g/mol. The average Bonchev–Trinajstić information content (AvgIpc) is 3.11. The molecule has 2 heterocycles. The van der Waals surface area contributed by atoms with E-state index in [9.17, 15) is 4.79 Å². The minimum atomic E-state index is -0.146. The van der Waals surface area contributed by atoms with E-state index in [0.29, 0.717) is 21.5 Å². The number of nitrogens with zero attached hydrogens (tertiary/aromatic N) is 2. The third-order valence-electron chi connectivity index (χ3n) is 4.04. The molecule has 5 nitrogen and oxygen atoms in total. The van der Waals surface area contributed by atoms with Crippen LogP contribution in [0.4, 0.5) is 5.69 Å². The second-order valence-corrected chi connectivity index (χ2v) is 7.26. The summed E-state index contributed by atoms with van der Waals surface area (Å²) >= 11 is 1.34. The molecule has 1 saturated heterocycles. The minimum absolute atomic E-state index is 0.146. The maximum Gasteiger partial charge on any atom is 0.264 e. The molecule has 26 heavy (non-hydrogen) atoms. The van der Waals surface area contributed by atoms with Crippen LogP contribution in [-0.4, -0.2) is 16.1 Å². The first-order valence-electron chi connectivity index (χ1n) is 8.22. The number of aromatic nitrogens is 1. The van der Waals surface area contributed by atoms with E-state index in [4.69, 9.17) is 4.42 Å². The number of aryl methyl sites for hydroxylation is 3. The van der Waals surface area contributed by atoms with Crippen molar-refractivity contribution in [2.24, 2.45) is 4.99 Å². The molecule has 0 atom stereocenters. The standard InChI is InChI=1S/C20H17N3O2S/c1-11-4-6-15(12(2)8-11)22-20-23-19(24)18(26-20)10-14-5-7-16-17(9-14)25-13(3)21-16/h4-10H,1-3H3,(H,22,23,24)/b18-10-. The molecule has 1 fully saturated rings. The lowest BCUT2D eigenvalue weighted by atomic mass is 10.1. The molecule has 1 aromatic heterocycles. The van der Waals surface area contributed by atoms with Crippen molar-refractivity contribution < 1.29 is 9.21 Å². The number of rotatable bonds is 2. The molecule has 0 spiro atoms. The predicted octanol–water partition coefficient (Wildman–Crippen LogP) is 4.64. The molecule has 130 valence electrons. The maximum absolute atomic E-state index is 12.3. The third-order valence-corrected chi connectivity index (χ3v) is 4.95. The largest absolute Gasteiger partial charge is 0.441 e. The fourth-order valence-corrected chi connectivity index (χ4v) is 3.65. The van der Waals surface area contributed by atoms with E-state index in [1.54, 1.807) is 0 Å². The molecule has 2 aromatic carbocycles. The van der Waals surface area contributed by atoms with Gasteiger partial charge in [0.25, 0.3) is 5.91 Å². The van der Waals surface area contributed by atoms with Crippen LogP contribution in [0, 0.1) is 20.8 Å². The molecule has 3 aromatic rings. The average molecular weight is 363 g/mol. The first-order chi connectivity index (χ1) is 12.5. The van der Waals surface area contributed by atoms with Gasteiger partial charge in [-0.2, -0.15) is 0 Å². The normalized spacial score (nSPS) is 17.4. The molecule has 1 aliphatic heterocycles. The summed E-state index contributed by atoms with van der Waals surface area (Å²) in [6.45, 7) is 5.87. The number of fused-ring (bicyclic) bond motifs is 1. The molecule has 6 heteroatoms. The van der Waals surface area contributed by atoms with Gasteiger partial charge in [0.2, 0.25) is 0 Å². The van der Waals surface area contributed by atoms with Gasteiger partial charge in [0.1, 0.15) is 5.52 Å². The lowest BCUT2D eigenvalue weighted by molar-refractivity contribution is -0.115. The Morgan fingerprint density at radius 2 is 2.00 bits per heavy atom. The maximum atomic E-state index is 12.3. The number of aliphatic imine (C=N–C) groups is 1. The molecule has 1 amide bonds. The Labute approximate surface area is 155 Å². The molecular formula is C20H17N3O2S. The molecule has 0 radical (unpaired) electrons. The summed E-state index contributed by atoms with van der Waals surface area (Å²) in [5.74, 6) is 0.480. The SMILES string of the molecule is Cc1ccc(/N=C2\NC(=O)/C(=C/c3ccc4nc(C)oc4c3)S2)c(C)c1. The van der Waals surface area contributed by atoms with Crippen LogP contribution >= 0.6 is 11.8 Å². The summed E-state index contributed by atoms with van der Waals surface area (Å²) in [4.78, 5) is 21.7. The quantitative estimate of drug-likeness (QED) is 0.673. The summed E-state index contributed by atoms with van der Waals surface area (Å²) < 4.78 is 5.55. The van der Waals surface area contributed by atoms with Gasteiger partial charge in [-0.3, -0.25) is 4.79 Å². The molecule has 4 rings (SSSR count). The number of carbonyl (C=O) groups is 1. The highest BCUT2D eigenvalue weighted by atomic mass is 32.2. The van der Waals surface area contributed by atoms with Crippen LogP contribution in [-0.2, 0) is 4.79 Å². The van der Waals surface area contributed by atoms with Gasteiger partial charge in [0, 0.05) is 6.92 Å². The van der Waals surface area contributed by atoms with Crippen LogP contribution in [0.25, 0.3) is 17.2 Å². The van der Waals surface area contributed by atoms with Gasteiger partial charge >= 0.3 is 0 Å². The van der Waals surface area contributed by atoms with E-state index in [2.05, 4.69) is 21.4 Å². The van der Waals surface area contributed by atoms with Crippen LogP contribution in [0.3, 0.4) is 0 Å². The Bertz CT molecular complexity index is 1100. The van der Waals surface area contributed by atoms with E-state index >= 15 is 0 Å². The highest BCUT2D eigenvalue weighted by Gasteiger charge is 2.24. The smallest absolute Gasteiger partial charge is 0.264 e. The van der Waals surface area contributed by atoms with Crippen molar-refractivity contribution in [2.75, 3.05) is 0 Å². The molecule has 1 N–H and O–H groups in total. The number of benzene rings is 2. The fraction of sp³-hybridized carbons (Fsp3) is 0.150. The first kappa shape index (κ1) is 16.6. The Morgan fingerprint density at radius 1 is 1.15 bits per heavy atom. The van der Waals surface area contributed by atoms with Crippen LogP contribution in [0.1, 0.15) is 22.6 Å². The van der Waals surface area contributed by atoms with Crippen molar-refractivity contribution in [3.63, 3.8) is 0 Å². The van der Waals surface area contributed by atoms with Gasteiger partial charge in [-0.1, -0.05) is 23.8 Å². The Hall–Kier alpha value is -2.86. The third kappa shape index (κ3) is 3.28. The zero-order valence-electron chi connectivity index (χ0n) is 14.7. The van der Waals surface area contributed by atoms with Crippen LogP contribution in [0.5, 0.6) is 0 Å². The van der Waals surface area contributed by atoms with Crippen molar-refractivity contribution in [1.82, 2.24) is 10.3 Å². The number of hydrogen-bond donors (Lipinski definition) is 1. The van der Waals surface area contributed by atoms with Gasteiger partial charge in [0.05, 0.1) is 10.6 Å². The zero-order chi connectivity index (χ0) is 18.3. The second-order valence-electron chi connectivity index (χ2n) is 6.23. The van der Waals surface area contributed by atoms with Crippen molar-refractivity contribution in [1.29, 1.82) is 0 Å². The van der Waals surface area contributed by atoms with Crippen molar-refractivity contribution in [2.45, 2.75) is 20.8 Å². The topological polar surface area (TPSA) is 67.5 Å². The van der Waals surface area contributed by atoms with Gasteiger partial charge in [0.15, 0.2) is 16.6 Å². The molecule has 1 aliphatic rings. The second kappa shape index (κ2) is 6.46. The summed E-state index contributed by atoms with van der Waals surface area (Å²) in [7, 11) is 0. The summed E-state index contributed by atoms with van der Waals surface area (Å²) in [5.41, 5.74) is 5.54. The van der Waals surface area contributed by atoms with Gasteiger partial charge < -0.3 is 9.73 Å². The van der Waals surface area contributed by atoms with E-state index in [1.165, 1.54) is 17.3 Å². The van der Waals surface area contributed by atoms with Gasteiger partial charge in [-0.25, -0.2) is 9.98 Å². The fourth-order valence-electron chi connectivity index (χ4n) is 2.82. The van der Waals surface area contributed by atoms with Crippen molar-refractivity contribution in [3.05, 3.63) is 63.9 Å². The minimum Gasteiger partial charge on any atom is -0.441 e. The lowest BCUT2D eigenvalue weighted by Gasteiger charge is -2.02. The van der Waals surface area contributed by atoms with E-state index < -0.39 is 0 Å². The summed E-state index contributed by atoms with van der Waals surface area (Å²) in [6.07, 6.45) is 1.84. The number of thioether (sulfide) groups is 1. The summed E-state index contributed by atoms with van der Waals surface area (Å²) in [6, 6.07) is 11.7. The molecule has 0 aliphatic carbocycles. The number of oxazole rings is 1. The summed E-state index contributed by atoms with van der Waals surface area (Å²) in [5, 5.41) is 3.41.